The van der Waals surface area contributed by atoms with Crippen molar-refractivity contribution in [3.8, 4) is 0 Å². The minimum atomic E-state index is -0.420. The third-order valence-electron chi connectivity index (χ3n) is 2.52. The van der Waals surface area contributed by atoms with Crippen LogP contribution in [-0.4, -0.2) is 14.5 Å². The molecule has 0 saturated carbocycles. The monoisotopic (exact) mass is 219 g/mol. The predicted molar refractivity (Wildman–Crippen MR) is 61.7 cm³/mol. The molecule has 5 nitrogen and oxygen atoms in total. The third kappa shape index (κ3) is 1.54. The van der Waals surface area contributed by atoms with Gasteiger partial charge in [-0.15, -0.1) is 0 Å². The van der Waals surface area contributed by atoms with Gasteiger partial charge in [0.05, 0.1) is 5.52 Å². The van der Waals surface area contributed by atoms with Crippen LogP contribution in [0.25, 0.3) is 11.0 Å². The first kappa shape index (κ1) is 10.6. The summed E-state index contributed by atoms with van der Waals surface area (Å²) in [5, 5.41) is 0. The number of pyridine rings is 1. The molecule has 5 heteroatoms. The van der Waals surface area contributed by atoms with Crippen molar-refractivity contribution in [2.24, 2.45) is 0 Å². The highest BCUT2D eigenvalue weighted by Gasteiger charge is 2.09. The van der Waals surface area contributed by atoms with Crippen LogP contribution in [0.3, 0.4) is 0 Å². The molecule has 0 aliphatic rings. The van der Waals surface area contributed by atoms with Gasteiger partial charge in [-0.1, -0.05) is 6.92 Å². The van der Waals surface area contributed by atoms with Crippen LogP contribution in [0.5, 0.6) is 0 Å². The maximum absolute atomic E-state index is 11.7. The Morgan fingerprint density at radius 1 is 1.44 bits per heavy atom. The topological polar surface area (TPSA) is 67.8 Å². The van der Waals surface area contributed by atoms with E-state index in [0.717, 1.165) is 12.0 Å². The van der Waals surface area contributed by atoms with Crippen LogP contribution in [0.2, 0.25) is 0 Å². The van der Waals surface area contributed by atoms with Gasteiger partial charge in [0.25, 0.3) is 5.56 Å². The molecule has 0 atom stereocenters. The normalized spacial score (nSPS) is 10.9. The fraction of sp³-hybridized carbons (Fsp3) is 0.364. The number of rotatable bonds is 2. The molecule has 2 heterocycles. The van der Waals surface area contributed by atoms with Gasteiger partial charge in [0.15, 0.2) is 5.52 Å². The number of H-pyrrole nitrogens is 1. The molecule has 0 saturated heterocycles. The van der Waals surface area contributed by atoms with Crippen molar-refractivity contribution in [2.75, 3.05) is 0 Å². The maximum atomic E-state index is 11.7. The molecule has 2 rings (SSSR count). The Balaban J connectivity index is 2.98. The first-order chi connectivity index (χ1) is 7.65. The Hall–Kier alpha value is -1.91. The average molecular weight is 219 g/mol. The summed E-state index contributed by atoms with van der Waals surface area (Å²) < 4.78 is 1.57. The van der Waals surface area contributed by atoms with Gasteiger partial charge in [-0.2, -0.15) is 0 Å². The Bertz CT molecular complexity index is 640. The fourth-order valence-corrected chi connectivity index (χ4v) is 1.82. The standard InChI is InChI=1S/C11H13N3O2/c1-3-6-14-9-7(2)4-5-12-8(9)10(15)13-11(14)16/h4-5H,3,6H2,1-2H3,(H,13,15,16). The zero-order chi connectivity index (χ0) is 11.7. The molecule has 84 valence electrons. The average Bonchev–Trinajstić information content (AvgIpc) is 2.24. The molecule has 0 aliphatic carbocycles. The van der Waals surface area contributed by atoms with E-state index in [9.17, 15) is 9.59 Å². The van der Waals surface area contributed by atoms with Crippen LogP contribution in [0, 0.1) is 6.92 Å². The second-order valence-corrected chi connectivity index (χ2v) is 3.74. The molecular formula is C11H13N3O2. The lowest BCUT2D eigenvalue weighted by Crippen LogP contribution is -2.31. The molecule has 0 radical (unpaired) electrons. The lowest BCUT2D eigenvalue weighted by Gasteiger charge is -2.09. The van der Waals surface area contributed by atoms with Gasteiger partial charge in [-0.3, -0.25) is 14.3 Å². The number of aromatic nitrogens is 3. The smallest absolute Gasteiger partial charge is 0.291 e. The summed E-state index contributed by atoms with van der Waals surface area (Å²) in [6, 6.07) is 1.80. The SMILES string of the molecule is CCCn1c(=O)[nH]c(=O)c2nccc(C)c21. The molecule has 2 aromatic heterocycles. The van der Waals surface area contributed by atoms with E-state index in [-0.39, 0.29) is 5.69 Å². The molecule has 16 heavy (non-hydrogen) atoms. The van der Waals surface area contributed by atoms with Crippen LogP contribution < -0.4 is 11.2 Å². The first-order valence-corrected chi connectivity index (χ1v) is 5.23. The number of aryl methyl sites for hydroxylation is 2. The van der Waals surface area contributed by atoms with E-state index < -0.39 is 5.56 Å². The van der Waals surface area contributed by atoms with Gasteiger partial charge < -0.3 is 0 Å². The Morgan fingerprint density at radius 3 is 2.88 bits per heavy atom. The van der Waals surface area contributed by atoms with Crippen molar-refractivity contribution >= 4 is 11.0 Å². The second kappa shape index (κ2) is 3.92. The lowest BCUT2D eigenvalue weighted by atomic mass is 10.2. The van der Waals surface area contributed by atoms with E-state index in [2.05, 4.69) is 9.97 Å². The van der Waals surface area contributed by atoms with Crippen LogP contribution in [0.15, 0.2) is 21.9 Å². The Morgan fingerprint density at radius 2 is 2.19 bits per heavy atom. The van der Waals surface area contributed by atoms with Crippen LogP contribution in [0.1, 0.15) is 18.9 Å². The molecule has 0 aromatic carbocycles. The Labute approximate surface area is 91.8 Å². The predicted octanol–water partition coefficient (Wildman–Crippen LogP) is 0.803. The summed E-state index contributed by atoms with van der Waals surface area (Å²) in [6.45, 7) is 4.43. The van der Waals surface area contributed by atoms with Gasteiger partial charge in [-0.25, -0.2) is 9.78 Å². The van der Waals surface area contributed by atoms with Gasteiger partial charge in [0, 0.05) is 12.7 Å². The zero-order valence-electron chi connectivity index (χ0n) is 9.28. The summed E-state index contributed by atoms with van der Waals surface area (Å²) in [5.41, 5.74) is 1.07. The van der Waals surface area contributed by atoms with Crippen molar-refractivity contribution in [2.45, 2.75) is 26.8 Å². The zero-order valence-corrected chi connectivity index (χ0v) is 9.28. The third-order valence-corrected chi connectivity index (χ3v) is 2.52. The molecule has 0 amide bonds. The minimum absolute atomic E-state index is 0.327. The first-order valence-electron chi connectivity index (χ1n) is 5.23. The highest BCUT2D eigenvalue weighted by Crippen LogP contribution is 2.10. The lowest BCUT2D eigenvalue weighted by molar-refractivity contribution is 0.655. The number of nitrogens with zero attached hydrogens (tertiary/aromatic N) is 2. The summed E-state index contributed by atoms with van der Waals surface area (Å²) in [6.07, 6.45) is 2.41. The largest absolute Gasteiger partial charge is 0.328 e. The minimum Gasteiger partial charge on any atom is -0.291 e. The van der Waals surface area contributed by atoms with Gasteiger partial charge in [-0.05, 0) is 25.0 Å². The van der Waals surface area contributed by atoms with Crippen molar-refractivity contribution < 1.29 is 0 Å². The number of hydrogen-bond acceptors (Lipinski definition) is 3. The van der Waals surface area contributed by atoms with E-state index >= 15 is 0 Å². The molecule has 0 bridgehead atoms. The van der Waals surface area contributed by atoms with Crippen molar-refractivity contribution in [1.82, 2.24) is 14.5 Å². The number of hydrogen-bond donors (Lipinski definition) is 1. The summed E-state index contributed by atoms with van der Waals surface area (Å²) in [5.74, 6) is 0. The van der Waals surface area contributed by atoms with Crippen molar-refractivity contribution in [1.29, 1.82) is 0 Å². The molecule has 0 spiro atoms. The van der Waals surface area contributed by atoms with E-state index in [4.69, 9.17) is 0 Å². The van der Waals surface area contributed by atoms with Crippen molar-refractivity contribution in [3.05, 3.63) is 38.7 Å². The highest BCUT2D eigenvalue weighted by molar-refractivity contribution is 5.76. The van der Waals surface area contributed by atoms with Crippen LogP contribution in [-0.2, 0) is 6.54 Å². The number of fused-ring (bicyclic) bond motifs is 1. The number of aromatic amines is 1. The van der Waals surface area contributed by atoms with Crippen LogP contribution >= 0.6 is 0 Å². The second-order valence-electron chi connectivity index (χ2n) is 3.74. The van der Waals surface area contributed by atoms with Gasteiger partial charge in [0.2, 0.25) is 0 Å². The van der Waals surface area contributed by atoms with E-state index in [1.54, 1.807) is 16.8 Å². The van der Waals surface area contributed by atoms with E-state index in [1.807, 2.05) is 13.8 Å². The van der Waals surface area contributed by atoms with Crippen LogP contribution in [0.4, 0.5) is 0 Å². The molecule has 2 aromatic rings. The summed E-state index contributed by atoms with van der Waals surface area (Å²) >= 11 is 0. The van der Waals surface area contributed by atoms with E-state index in [1.165, 1.54) is 0 Å². The summed E-state index contributed by atoms with van der Waals surface area (Å²) in [7, 11) is 0. The molecule has 0 unspecified atom stereocenters. The van der Waals surface area contributed by atoms with Gasteiger partial charge in [0.1, 0.15) is 0 Å². The van der Waals surface area contributed by atoms with E-state index in [0.29, 0.717) is 17.6 Å². The number of nitrogens with one attached hydrogen (secondary N) is 1. The molecular weight excluding hydrogens is 206 g/mol. The molecule has 1 N–H and O–H groups in total. The van der Waals surface area contributed by atoms with Gasteiger partial charge >= 0.3 is 5.69 Å². The quantitative estimate of drug-likeness (QED) is 0.812. The summed E-state index contributed by atoms with van der Waals surface area (Å²) in [4.78, 5) is 29.6. The fourth-order valence-electron chi connectivity index (χ4n) is 1.82. The van der Waals surface area contributed by atoms with Crippen molar-refractivity contribution in [3.63, 3.8) is 0 Å². The highest BCUT2D eigenvalue weighted by atomic mass is 16.2. The molecule has 0 aliphatic heterocycles. The Kier molecular flexibility index (Phi) is 2.60. The molecule has 0 fully saturated rings. The maximum Gasteiger partial charge on any atom is 0.328 e.